The highest BCUT2D eigenvalue weighted by Gasteiger charge is 2.23. The number of carbonyl (C=O) groups is 3. The lowest BCUT2D eigenvalue weighted by Gasteiger charge is -2.16. The van der Waals surface area contributed by atoms with Crippen molar-refractivity contribution < 1.29 is 28.6 Å². The zero-order valence-electron chi connectivity index (χ0n) is 18.4. The molecule has 0 unspecified atom stereocenters. The summed E-state index contributed by atoms with van der Waals surface area (Å²) in [5.41, 5.74) is 0.0542. The maximum Gasteiger partial charge on any atom is 0.343 e. The first-order valence-corrected chi connectivity index (χ1v) is 9.99. The molecule has 0 amide bonds. The summed E-state index contributed by atoms with van der Waals surface area (Å²) in [4.78, 5) is 36.2. The third kappa shape index (κ3) is 5.60. The van der Waals surface area contributed by atoms with E-state index in [1.807, 2.05) is 0 Å². The van der Waals surface area contributed by atoms with Crippen LogP contribution in [0.2, 0.25) is 0 Å². The van der Waals surface area contributed by atoms with Crippen LogP contribution >= 0.6 is 0 Å². The molecule has 0 heterocycles. The fraction of sp³-hybridized carbons (Fsp3) is 0.192. The van der Waals surface area contributed by atoms with Crippen molar-refractivity contribution in [3.63, 3.8) is 0 Å². The van der Waals surface area contributed by atoms with Crippen molar-refractivity contribution in [1.82, 2.24) is 0 Å². The molecule has 0 saturated heterocycles. The lowest BCUT2D eigenvalue weighted by Crippen LogP contribution is -2.25. The number of fused-ring (bicyclic) bond motifs is 1. The molecule has 0 saturated carbocycles. The van der Waals surface area contributed by atoms with Gasteiger partial charge in [0.25, 0.3) is 0 Å². The Bertz CT molecular complexity index is 1200. The number of rotatable bonds is 5. The van der Waals surface area contributed by atoms with Crippen LogP contribution < -0.4 is 14.2 Å². The molecular formula is C26H24O6. The zero-order chi connectivity index (χ0) is 23.5. The lowest BCUT2D eigenvalue weighted by molar-refractivity contribution is -0.143. The van der Waals surface area contributed by atoms with E-state index in [0.29, 0.717) is 22.8 Å². The first-order chi connectivity index (χ1) is 15.0. The van der Waals surface area contributed by atoms with Crippen LogP contribution in [0.15, 0.2) is 72.8 Å². The highest BCUT2D eigenvalue weighted by Crippen LogP contribution is 2.26. The topological polar surface area (TPSA) is 78.9 Å². The molecule has 3 aromatic carbocycles. The first kappa shape index (κ1) is 22.7. The normalized spacial score (nSPS) is 11.0. The van der Waals surface area contributed by atoms with E-state index in [1.54, 1.807) is 64.1 Å². The van der Waals surface area contributed by atoms with E-state index in [1.165, 1.54) is 24.3 Å². The number of carbonyl (C=O) groups excluding carboxylic acids is 3. The molecule has 0 aliphatic rings. The Labute approximate surface area is 186 Å². The molecule has 32 heavy (non-hydrogen) atoms. The van der Waals surface area contributed by atoms with Crippen LogP contribution in [0.3, 0.4) is 0 Å². The second-order valence-electron chi connectivity index (χ2n) is 8.39. The predicted molar refractivity (Wildman–Crippen MR) is 121 cm³/mol. The Kier molecular flexibility index (Phi) is 6.44. The Morgan fingerprint density at radius 2 is 1.25 bits per heavy atom. The van der Waals surface area contributed by atoms with Crippen molar-refractivity contribution in [3.05, 3.63) is 78.4 Å². The van der Waals surface area contributed by atoms with Gasteiger partial charge in [0.15, 0.2) is 0 Å². The van der Waals surface area contributed by atoms with Gasteiger partial charge >= 0.3 is 17.9 Å². The van der Waals surface area contributed by atoms with Gasteiger partial charge in [0.05, 0.1) is 11.0 Å². The van der Waals surface area contributed by atoms with Gasteiger partial charge in [0, 0.05) is 5.57 Å². The van der Waals surface area contributed by atoms with Gasteiger partial charge < -0.3 is 14.2 Å². The number of benzene rings is 3. The molecule has 0 aliphatic heterocycles. The van der Waals surface area contributed by atoms with Crippen molar-refractivity contribution in [3.8, 4) is 17.2 Å². The van der Waals surface area contributed by atoms with E-state index in [0.717, 1.165) is 10.8 Å². The Morgan fingerprint density at radius 1 is 0.719 bits per heavy atom. The molecule has 0 bridgehead atoms. The molecule has 3 rings (SSSR count). The Hall–Kier alpha value is -3.93. The minimum absolute atomic E-state index is 0.288. The number of esters is 3. The largest absolute Gasteiger partial charge is 0.426 e. The second-order valence-corrected chi connectivity index (χ2v) is 8.39. The average molecular weight is 432 g/mol. The van der Waals surface area contributed by atoms with E-state index in [2.05, 4.69) is 6.58 Å². The molecule has 3 aromatic rings. The summed E-state index contributed by atoms with van der Waals surface area (Å²) in [7, 11) is 0. The van der Waals surface area contributed by atoms with Gasteiger partial charge in [0.2, 0.25) is 0 Å². The smallest absolute Gasteiger partial charge is 0.343 e. The van der Waals surface area contributed by atoms with Crippen LogP contribution in [-0.2, 0) is 9.59 Å². The molecule has 164 valence electrons. The van der Waals surface area contributed by atoms with E-state index in [4.69, 9.17) is 14.2 Å². The zero-order valence-corrected chi connectivity index (χ0v) is 18.4. The monoisotopic (exact) mass is 432 g/mol. The van der Waals surface area contributed by atoms with Crippen molar-refractivity contribution in [2.24, 2.45) is 5.41 Å². The molecule has 0 N–H and O–H groups in total. The van der Waals surface area contributed by atoms with Gasteiger partial charge in [0.1, 0.15) is 17.2 Å². The number of ether oxygens (including phenoxy) is 3. The van der Waals surface area contributed by atoms with Crippen LogP contribution in [0.5, 0.6) is 17.2 Å². The minimum Gasteiger partial charge on any atom is -0.426 e. The van der Waals surface area contributed by atoms with Crippen LogP contribution in [0, 0.1) is 5.41 Å². The van der Waals surface area contributed by atoms with Crippen LogP contribution in [0.4, 0.5) is 0 Å². The highest BCUT2D eigenvalue weighted by atomic mass is 16.5. The first-order valence-electron chi connectivity index (χ1n) is 9.99. The van der Waals surface area contributed by atoms with Gasteiger partial charge in [-0.05, 0) is 87.0 Å². The maximum absolute atomic E-state index is 12.5. The third-order valence-corrected chi connectivity index (χ3v) is 4.46. The lowest BCUT2D eigenvalue weighted by atomic mass is 9.97. The fourth-order valence-corrected chi connectivity index (χ4v) is 2.61. The minimum atomic E-state index is -0.604. The molecular weight excluding hydrogens is 408 g/mol. The quantitative estimate of drug-likeness (QED) is 0.301. The summed E-state index contributed by atoms with van der Waals surface area (Å²) < 4.78 is 15.9. The van der Waals surface area contributed by atoms with E-state index in [-0.39, 0.29) is 11.5 Å². The Balaban J connectivity index is 1.70. The highest BCUT2D eigenvalue weighted by molar-refractivity contribution is 5.97. The molecule has 0 spiro atoms. The van der Waals surface area contributed by atoms with E-state index in [9.17, 15) is 14.4 Å². The molecule has 0 radical (unpaired) electrons. The molecule has 6 heteroatoms. The second kappa shape index (κ2) is 9.06. The van der Waals surface area contributed by atoms with E-state index >= 15 is 0 Å². The summed E-state index contributed by atoms with van der Waals surface area (Å²) >= 11 is 0. The van der Waals surface area contributed by atoms with Crippen LogP contribution in [-0.4, -0.2) is 17.9 Å². The summed E-state index contributed by atoms with van der Waals surface area (Å²) in [6.45, 7) is 10.4. The van der Waals surface area contributed by atoms with Gasteiger partial charge in [-0.2, -0.15) is 0 Å². The Morgan fingerprint density at radius 3 is 1.84 bits per heavy atom. The SMILES string of the molecule is C=C(C)C(=O)Oc1ccc(OC(=O)c2ccc3cc(OC(=O)C(C)(C)C)ccc3c2)cc1. The summed E-state index contributed by atoms with van der Waals surface area (Å²) in [6, 6.07) is 16.5. The predicted octanol–water partition coefficient (Wildman–Crippen LogP) is 5.49. The van der Waals surface area contributed by atoms with Crippen molar-refractivity contribution in [2.75, 3.05) is 0 Å². The van der Waals surface area contributed by atoms with E-state index < -0.39 is 17.4 Å². The third-order valence-electron chi connectivity index (χ3n) is 4.46. The molecule has 0 aliphatic carbocycles. The van der Waals surface area contributed by atoms with Gasteiger partial charge in [-0.3, -0.25) is 4.79 Å². The van der Waals surface area contributed by atoms with Gasteiger partial charge in [-0.15, -0.1) is 0 Å². The molecule has 0 atom stereocenters. The van der Waals surface area contributed by atoms with Gasteiger partial charge in [-0.25, -0.2) is 9.59 Å². The van der Waals surface area contributed by atoms with Crippen molar-refractivity contribution >= 4 is 28.7 Å². The molecule has 0 fully saturated rings. The van der Waals surface area contributed by atoms with Crippen LogP contribution in [0.1, 0.15) is 38.1 Å². The molecule has 6 nitrogen and oxygen atoms in total. The summed E-state index contributed by atoms with van der Waals surface area (Å²) in [5, 5.41) is 1.63. The number of hydrogen-bond acceptors (Lipinski definition) is 6. The van der Waals surface area contributed by atoms with Crippen molar-refractivity contribution in [2.45, 2.75) is 27.7 Å². The number of hydrogen-bond donors (Lipinski definition) is 0. The maximum atomic E-state index is 12.5. The van der Waals surface area contributed by atoms with Crippen LogP contribution in [0.25, 0.3) is 10.8 Å². The molecule has 0 aromatic heterocycles. The summed E-state index contributed by atoms with van der Waals surface area (Å²) in [6.07, 6.45) is 0. The fourth-order valence-electron chi connectivity index (χ4n) is 2.61. The van der Waals surface area contributed by atoms with Gasteiger partial charge in [-0.1, -0.05) is 18.7 Å². The van der Waals surface area contributed by atoms with Crippen molar-refractivity contribution in [1.29, 1.82) is 0 Å². The average Bonchev–Trinajstić information content (AvgIpc) is 2.73. The summed E-state index contributed by atoms with van der Waals surface area (Å²) in [5.74, 6) is -0.289. The standard InChI is InChI=1S/C26H24O6/c1-16(2)23(27)30-20-10-12-21(13-11-20)31-24(28)19-7-6-18-15-22(9-8-17(18)14-19)32-25(29)26(3,4)5/h6-15H,1H2,2-5H3.